The van der Waals surface area contributed by atoms with Crippen molar-refractivity contribution in [1.82, 2.24) is 0 Å². The van der Waals surface area contributed by atoms with Gasteiger partial charge in [0.1, 0.15) is 0 Å². The summed E-state index contributed by atoms with van der Waals surface area (Å²) in [6.45, 7) is 0. The smallest absolute Gasteiger partial charge is 0.194 e. The third-order valence-electron chi connectivity index (χ3n) is 2.35. The van der Waals surface area contributed by atoms with Gasteiger partial charge < -0.3 is 0 Å². The van der Waals surface area contributed by atoms with Gasteiger partial charge in [0, 0.05) is 20.1 Å². The molecule has 92 valence electrons. The second-order valence-corrected chi connectivity index (χ2v) is 6.17. The van der Waals surface area contributed by atoms with Gasteiger partial charge in [-0.05, 0) is 36.4 Å². The molecule has 18 heavy (non-hydrogen) atoms. The van der Waals surface area contributed by atoms with Crippen molar-refractivity contribution in [3.05, 3.63) is 66.5 Å². The van der Waals surface area contributed by atoms with Crippen LogP contribution in [0, 0.1) is 0 Å². The second-order valence-electron chi connectivity index (χ2n) is 3.58. The van der Waals surface area contributed by atoms with Crippen molar-refractivity contribution in [3.63, 3.8) is 0 Å². The van der Waals surface area contributed by atoms with Crippen LogP contribution in [0.15, 0.2) is 45.3 Å². The minimum absolute atomic E-state index is 0.109. The molecule has 0 aliphatic rings. The van der Waals surface area contributed by atoms with Crippen LogP contribution in [0.1, 0.15) is 15.9 Å². The standard InChI is InChI=1S/C13H6Br2Cl2O/c14-8-2-3-10(15)9(6-8)13(18)7-1-4-11(16)12(17)5-7/h1-6H. The Morgan fingerprint density at radius 3 is 2.33 bits per heavy atom. The molecule has 2 aromatic carbocycles. The zero-order valence-electron chi connectivity index (χ0n) is 8.88. The van der Waals surface area contributed by atoms with Gasteiger partial charge in [0.05, 0.1) is 10.0 Å². The largest absolute Gasteiger partial charge is 0.289 e. The van der Waals surface area contributed by atoms with E-state index >= 15 is 0 Å². The van der Waals surface area contributed by atoms with Gasteiger partial charge >= 0.3 is 0 Å². The summed E-state index contributed by atoms with van der Waals surface area (Å²) in [6, 6.07) is 10.3. The summed E-state index contributed by atoms with van der Waals surface area (Å²) in [5.74, 6) is -0.109. The molecule has 1 nitrogen and oxygen atoms in total. The van der Waals surface area contributed by atoms with E-state index in [1.165, 1.54) is 0 Å². The van der Waals surface area contributed by atoms with Crippen molar-refractivity contribution in [2.24, 2.45) is 0 Å². The van der Waals surface area contributed by atoms with Gasteiger partial charge in [0.2, 0.25) is 0 Å². The number of hydrogen-bond acceptors (Lipinski definition) is 1. The first-order valence-corrected chi connectivity index (χ1v) is 7.28. The highest BCUT2D eigenvalue weighted by atomic mass is 79.9. The fraction of sp³-hybridized carbons (Fsp3) is 0. The van der Waals surface area contributed by atoms with E-state index in [2.05, 4.69) is 31.9 Å². The molecule has 0 aliphatic heterocycles. The van der Waals surface area contributed by atoms with E-state index < -0.39 is 0 Å². The molecule has 0 aromatic heterocycles. The zero-order chi connectivity index (χ0) is 13.3. The van der Waals surface area contributed by atoms with E-state index in [0.29, 0.717) is 21.2 Å². The van der Waals surface area contributed by atoms with Crippen LogP contribution < -0.4 is 0 Å². The van der Waals surface area contributed by atoms with Crippen molar-refractivity contribution in [2.45, 2.75) is 0 Å². The maximum atomic E-state index is 12.3. The van der Waals surface area contributed by atoms with Crippen LogP contribution in [-0.2, 0) is 0 Å². The third kappa shape index (κ3) is 2.97. The molecule has 0 unspecified atom stereocenters. The first-order valence-electron chi connectivity index (χ1n) is 4.94. The molecule has 0 saturated heterocycles. The highest BCUT2D eigenvalue weighted by molar-refractivity contribution is 9.11. The van der Waals surface area contributed by atoms with Gasteiger partial charge in [0.25, 0.3) is 0 Å². The Labute approximate surface area is 131 Å². The van der Waals surface area contributed by atoms with Gasteiger partial charge in [-0.1, -0.05) is 55.1 Å². The van der Waals surface area contributed by atoms with E-state index in [9.17, 15) is 4.79 Å². The molecule has 0 aliphatic carbocycles. The Kier molecular flexibility index (Phi) is 4.49. The minimum atomic E-state index is -0.109. The Bertz CT molecular complexity index is 626. The highest BCUT2D eigenvalue weighted by Gasteiger charge is 2.14. The number of rotatable bonds is 2. The van der Waals surface area contributed by atoms with Crippen molar-refractivity contribution in [3.8, 4) is 0 Å². The Hall–Kier alpha value is -0.350. The normalized spacial score (nSPS) is 10.4. The monoisotopic (exact) mass is 406 g/mol. The molecule has 5 heteroatoms. The molecule has 0 heterocycles. The topological polar surface area (TPSA) is 17.1 Å². The summed E-state index contributed by atoms with van der Waals surface area (Å²) >= 11 is 18.4. The highest BCUT2D eigenvalue weighted by Crippen LogP contribution is 2.27. The van der Waals surface area contributed by atoms with Crippen LogP contribution in [-0.4, -0.2) is 5.78 Å². The van der Waals surface area contributed by atoms with Crippen molar-refractivity contribution in [1.29, 1.82) is 0 Å². The number of ketones is 1. The lowest BCUT2D eigenvalue weighted by Gasteiger charge is -2.05. The van der Waals surface area contributed by atoms with Crippen LogP contribution in [0.25, 0.3) is 0 Å². The summed E-state index contributed by atoms with van der Waals surface area (Å²) in [6.07, 6.45) is 0. The number of carbonyl (C=O) groups is 1. The molecular formula is C13H6Br2Cl2O. The number of halogens is 4. The molecule has 2 aromatic rings. The second kappa shape index (κ2) is 5.74. The third-order valence-corrected chi connectivity index (χ3v) is 4.28. The van der Waals surface area contributed by atoms with Crippen LogP contribution in [0.3, 0.4) is 0 Å². The molecule has 0 radical (unpaired) electrons. The molecular weight excluding hydrogens is 403 g/mol. The van der Waals surface area contributed by atoms with Crippen molar-refractivity contribution < 1.29 is 4.79 Å². The molecule has 2 rings (SSSR count). The van der Waals surface area contributed by atoms with Crippen LogP contribution in [0.2, 0.25) is 10.0 Å². The van der Waals surface area contributed by atoms with Gasteiger partial charge in [-0.15, -0.1) is 0 Å². The molecule has 0 spiro atoms. The van der Waals surface area contributed by atoms with E-state index in [1.54, 1.807) is 24.3 Å². The van der Waals surface area contributed by atoms with Crippen LogP contribution in [0.5, 0.6) is 0 Å². The molecule has 0 atom stereocenters. The Morgan fingerprint density at radius 1 is 0.944 bits per heavy atom. The van der Waals surface area contributed by atoms with E-state index in [-0.39, 0.29) is 5.78 Å². The fourth-order valence-electron chi connectivity index (χ4n) is 1.46. The zero-order valence-corrected chi connectivity index (χ0v) is 13.6. The molecule has 0 bridgehead atoms. The molecule has 0 fully saturated rings. The lowest BCUT2D eigenvalue weighted by atomic mass is 10.0. The predicted molar refractivity (Wildman–Crippen MR) is 81.7 cm³/mol. The number of benzene rings is 2. The minimum Gasteiger partial charge on any atom is -0.289 e. The predicted octanol–water partition coefficient (Wildman–Crippen LogP) is 5.75. The lowest BCUT2D eigenvalue weighted by Crippen LogP contribution is -2.02. The molecule has 0 saturated carbocycles. The van der Waals surface area contributed by atoms with Crippen LogP contribution in [0.4, 0.5) is 0 Å². The number of hydrogen-bond donors (Lipinski definition) is 0. The fourth-order valence-corrected chi connectivity index (χ4v) is 2.55. The summed E-state index contributed by atoms with van der Waals surface area (Å²) in [7, 11) is 0. The van der Waals surface area contributed by atoms with Crippen LogP contribution >= 0.6 is 55.1 Å². The maximum Gasteiger partial charge on any atom is 0.194 e. The lowest BCUT2D eigenvalue weighted by molar-refractivity contribution is 0.103. The van der Waals surface area contributed by atoms with Crippen molar-refractivity contribution in [2.75, 3.05) is 0 Å². The average Bonchev–Trinajstić information content (AvgIpc) is 2.35. The summed E-state index contributed by atoms with van der Waals surface area (Å²) in [4.78, 5) is 12.3. The van der Waals surface area contributed by atoms with Gasteiger partial charge in [-0.2, -0.15) is 0 Å². The average molecular weight is 409 g/mol. The maximum absolute atomic E-state index is 12.3. The first kappa shape index (κ1) is 14.1. The summed E-state index contributed by atoms with van der Waals surface area (Å²) in [5, 5.41) is 0.801. The van der Waals surface area contributed by atoms with Gasteiger partial charge in [0.15, 0.2) is 5.78 Å². The van der Waals surface area contributed by atoms with E-state index in [4.69, 9.17) is 23.2 Å². The Morgan fingerprint density at radius 2 is 1.67 bits per heavy atom. The number of carbonyl (C=O) groups excluding carboxylic acids is 1. The quantitative estimate of drug-likeness (QED) is 0.578. The van der Waals surface area contributed by atoms with E-state index in [1.807, 2.05) is 12.1 Å². The first-order chi connectivity index (χ1) is 8.49. The summed E-state index contributed by atoms with van der Waals surface area (Å²) in [5.41, 5.74) is 1.07. The summed E-state index contributed by atoms with van der Waals surface area (Å²) < 4.78 is 1.58. The van der Waals surface area contributed by atoms with Crippen molar-refractivity contribution >= 4 is 60.8 Å². The van der Waals surface area contributed by atoms with Gasteiger partial charge in [-0.3, -0.25) is 4.79 Å². The molecule has 0 N–H and O–H groups in total. The van der Waals surface area contributed by atoms with E-state index in [0.717, 1.165) is 8.95 Å². The molecule has 0 amide bonds. The Balaban J connectivity index is 2.47. The SMILES string of the molecule is O=C(c1ccc(Cl)c(Cl)c1)c1cc(Br)ccc1Br. The van der Waals surface area contributed by atoms with Gasteiger partial charge in [-0.25, -0.2) is 0 Å².